The summed E-state index contributed by atoms with van der Waals surface area (Å²) in [6.07, 6.45) is 1.13. The molecule has 184 valence electrons. The molecule has 0 bridgehead atoms. The highest BCUT2D eigenvalue weighted by atomic mass is 35.5. The van der Waals surface area contributed by atoms with Crippen molar-refractivity contribution in [3.63, 3.8) is 0 Å². The molecule has 8 heteroatoms. The number of hydrogen-bond acceptors (Lipinski definition) is 3. The van der Waals surface area contributed by atoms with Crippen molar-refractivity contribution < 1.29 is 14.3 Å². The first-order chi connectivity index (χ1) is 16.9. The lowest BCUT2D eigenvalue weighted by Gasteiger charge is -2.31. The molecule has 0 aliphatic carbocycles. The van der Waals surface area contributed by atoms with Crippen molar-refractivity contribution in [2.45, 2.75) is 32.4 Å². The normalized spacial score (nSPS) is 11.5. The van der Waals surface area contributed by atoms with E-state index in [-0.39, 0.29) is 25.0 Å². The topological polar surface area (TPSA) is 58.6 Å². The molecule has 2 amide bonds. The average molecular weight is 534 g/mol. The molecule has 0 heterocycles. The number of nitrogens with one attached hydrogen (secondary N) is 1. The third kappa shape index (κ3) is 8.17. The van der Waals surface area contributed by atoms with Crippen molar-refractivity contribution in [3.8, 4) is 5.75 Å². The van der Waals surface area contributed by atoms with Crippen LogP contribution in [0.5, 0.6) is 5.75 Å². The summed E-state index contributed by atoms with van der Waals surface area (Å²) < 4.78 is 5.72. The molecule has 3 aromatic carbocycles. The van der Waals surface area contributed by atoms with Crippen LogP contribution in [0.2, 0.25) is 15.1 Å². The number of nitrogens with zero attached hydrogens (tertiary/aromatic N) is 1. The number of ether oxygens (including phenoxy) is 1. The monoisotopic (exact) mass is 532 g/mol. The van der Waals surface area contributed by atoms with Gasteiger partial charge >= 0.3 is 0 Å². The van der Waals surface area contributed by atoms with E-state index in [4.69, 9.17) is 39.5 Å². The summed E-state index contributed by atoms with van der Waals surface area (Å²) in [7, 11) is 0. The van der Waals surface area contributed by atoms with Gasteiger partial charge in [-0.05, 0) is 47.9 Å². The van der Waals surface area contributed by atoms with Gasteiger partial charge in [0.25, 0.3) is 5.91 Å². The molecule has 1 unspecified atom stereocenters. The van der Waals surface area contributed by atoms with Crippen LogP contribution in [0, 0.1) is 0 Å². The van der Waals surface area contributed by atoms with Crippen LogP contribution in [-0.4, -0.2) is 35.9 Å². The molecule has 0 radical (unpaired) electrons. The Hall–Kier alpha value is -2.73. The Kier molecular flexibility index (Phi) is 10.3. The Balaban J connectivity index is 1.91. The van der Waals surface area contributed by atoms with E-state index < -0.39 is 6.04 Å². The maximum absolute atomic E-state index is 13.5. The van der Waals surface area contributed by atoms with Gasteiger partial charge in [0, 0.05) is 24.5 Å². The zero-order chi connectivity index (χ0) is 25.2. The van der Waals surface area contributed by atoms with E-state index in [0.29, 0.717) is 33.8 Å². The second kappa shape index (κ2) is 13.4. The van der Waals surface area contributed by atoms with Gasteiger partial charge in [-0.2, -0.15) is 0 Å². The van der Waals surface area contributed by atoms with Crippen molar-refractivity contribution >= 4 is 46.6 Å². The van der Waals surface area contributed by atoms with Gasteiger partial charge in [-0.1, -0.05) is 84.2 Å². The molecule has 0 aromatic heterocycles. The minimum atomic E-state index is -0.756. The van der Waals surface area contributed by atoms with Gasteiger partial charge in [-0.15, -0.1) is 0 Å². The predicted octanol–water partition coefficient (Wildman–Crippen LogP) is 6.19. The van der Waals surface area contributed by atoms with E-state index in [1.54, 1.807) is 42.5 Å². The van der Waals surface area contributed by atoms with Crippen LogP contribution in [0.15, 0.2) is 72.8 Å². The van der Waals surface area contributed by atoms with Gasteiger partial charge in [0.2, 0.25) is 5.91 Å². The maximum Gasteiger partial charge on any atom is 0.261 e. The molecular formula is C27H27Cl3N2O3. The molecule has 35 heavy (non-hydrogen) atoms. The number of amides is 2. The molecular weight excluding hydrogens is 507 g/mol. The van der Waals surface area contributed by atoms with Gasteiger partial charge < -0.3 is 15.0 Å². The lowest BCUT2D eigenvalue weighted by molar-refractivity contribution is -0.142. The standard InChI is InChI=1S/C27H27Cl3N2O3/c1-2-13-31-27(34)25(15-19-7-4-3-5-8-19)32(17-20-11-12-23(29)24(30)14-20)26(33)18-35-22-10-6-9-21(28)16-22/h3-12,14,16,25H,2,13,15,17-18H2,1H3,(H,31,34). The van der Waals surface area contributed by atoms with Crippen molar-refractivity contribution in [3.05, 3.63) is 99.0 Å². The number of benzene rings is 3. The number of carbonyl (C=O) groups is 2. The zero-order valence-corrected chi connectivity index (χ0v) is 21.6. The molecule has 1 atom stereocenters. The van der Waals surface area contributed by atoms with Crippen LogP contribution in [0.1, 0.15) is 24.5 Å². The van der Waals surface area contributed by atoms with Crippen LogP contribution in [-0.2, 0) is 22.6 Å². The van der Waals surface area contributed by atoms with Gasteiger partial charge in [0.05, 0.1) is 10.0 Å². The molecule has 0 aliphatic rings. The Bertz CT molecular complexity index is 1140. The van der Waals surface area contributed by atoms with E-state index >= 15 is 0 Å². The molecule has 3 aromatic rings. The molecule has 0 saturated heterocycles. The summed E-state index contributed by atoms with van der Waals surface area (Å²) in [6.45, 7) is 2.39. The zero-order valence-electron chi connectivity index (χ0n) is 19.3. The molecule has 0 aliphatic heterocycles. The lowest BCUT2D eigenvalue weighted by Crippen LogP contribution is -2.51. The number of rotatable bonds is 11. The summed E-state index contributed by atoms with van der Waals surface area (Å²) in [5.41, 5.74) is 1.68. The summed E-state index contributed by atoms with van der Waals surface area (Å²) >= 11 is 18.3. The fourth-order valence-corrected chi connectivity index (χ4v) is 4.04. The van der Waals surface area contributed by atoms with E-state index in [1.807, 2.05) is 37.3 Å². The van der Waals surface area contributed by atoms with Crippen LogP contribution in [0.25, 0.3) is 0 Å². The van der Waals surface area contributed by atoms with E-state index in [2.05, 4.69) is 5.32 Å². The molecule has 1 N–H and O–H groups in total. The van der Waals surface area contributed by atoms with E-state index in [0.717, 1.165) is 17.5 Å². The largest absolute Gasteiger partial charge is 0.484 e. The molecule has 0 spiro atoms. The summed E-state index contributed by atoms with van der Waals surface area (Å²) in [5, 5.41) is 4.23. The summed E-state index contributed by atoms with van der Waals surface area (Å²) in [4.78, 5) is 28.3. The quantitative estimate of drug-likeness (QED) is 0.320. The lowest BCUT2D eigenvalue weighted by atomic mass is 10.0. The SMILES string of the molecule is CCCNC(=O)C(Cc1ccccc1)N(Cc1ccc(Cl)c(Cl)c1)C(=O)COc1cccc(Cl)c1. The minimum Gasteiger partial charge on any atom is -0.484 e. The Morgan fingerprint density at radius 1 is 0.914 bits per heavy atom. The van der Waals surface area contributed by atoms with Gasteiger partial charge in [0.15, 0.2) is 6.61 Å². The van der Waals surface area contributed by atoms with Gasteiger partial charge in [0.1, 0.15) is 11.8 Å². The van der Waals surface area contributed by atoms with Crippen LogP contribution in [0.4, 0.5) is 0 Å². The smallest absolute Gasteiger partial charge is 0.261 e. The first-order valence-corrected chi connectivity index (χ1v) is 12.4. The minimum absolute atomic E-state index is 0.158. The van der Waals surface area contributed by atoms with Crippen molar-refractivity contribution in [2.24, 2.45) is 0 Å². The molecule has 5 nitrogen and oxygen atoms in total. The third-order valence-electron chi connectivity index (χ3n) is 5.32. The Morgan fingerprint density at radius 2 is 1.69 bits per heavy atom. The van der Waals surface area contributed by atoms with Gasteiger partial charge in [-0.25, -0.2) is 0 Å². The molecule has 0 fully saturated rings. The van der Waals surface area contributed by atoms with E-state index in [9.17, 15) is 9.59 Å². The number of halogens is 3. The van der Waals surface area contributed by atoms with Crippen LogP contribution in [0.3, 0.4) is 0 Å². The first-order valence-electron chi connectivity index (χ1n) is 11.3. The molecule has 3 rings (SSSR count). The van der Waals surface area contributed by atoms with Crippen LogP contribution < -0.4 is 10.1 Å². The average Bonchev–Trinajstić information content (AvgIpc) is 2.86. The highest BCUT2D eigenvalue weighted by Gasteiger charge is 2.30. The number of carbonyl (C=O) groups excluding carboxylic acids is 2. The number of hydrogen-bond donors (Lipinski definition) is 1. The highest BCUT2D eigenvalue weighted by molar-refractivity contribution is 6.42. The van der Waals surface area contributed by atoms with Crippen molar-refractivity contribution in [1.29, 1.82) is 0 Å². The summed E-state index contributed by atoms with van der Waals surface area (Å²) in [6, 6.07) is 20.8. The highest BCUT2D eigenvalue weighted by Crippen LogP contribution is 2.24. The van der Waals surface area contributed by atoms with Crippen molar-refractivity contribution in [1.82, 2.24) is 10.2 Å². The predicted molar refractivity (Wildman–Crippen MR) is 141 cm³/mol. The summed E-state index contributed by atoms with van der Waals surface area (Å²) in [5.74, 6) is -0.106. The van der Waals surface area contributed by atoms with E-state index in [1.165, 1.54) is 4.90 Å². The second-order valence-electron chi connectivity index (χ2n) is 8.01. The maximum atomic E-state index is 13.5. The fourth-order valence-electron chi connectivity index (χ4n) is 3.54. The fraction of sp³-hybridized carbons (Fsp3) is 0.259. The third-order valence-corrected chi connectivity index (χ3v) is 6.29. The van der Waals surface area contributed by atoms with Crippen molar-refractivity contribution in [2.75, 3.05) is 13.2 Å². The second-order valence-corrected chi connectivity index (χ2v) is 9.26. The van der Waals surface area contributed by atoms with Crippen LogP contribution >= 0.6 is 34.8 Å². The molecule has 0 saturated carbocycles. The Labute approximate surface area is 220 Å². The Morgan fingerprint density at radius 3 is 2.37 bits per heavy atom. The first kappa shape index (κ1) is 26.9. The van der Waals surface area contributed by atoms with Gasteiger partial charge in [-0.3, -0.25) is 9.59 Å².